The van der Waals surface area contributed by atoms with Crippen LogP contribution in [0.4, 0.5) is 0 Å². The van der Waals surface area contributed by atoms with Gasteiger partial charge in [0.1, 0.15) is 0 Å². The van der Waals surface area contributed by atoms with Crippen molar-refractivity contribution in [1.82, 2.24) is 4.90 Å². The van der Waals surface area contributed by atoms with Crippen molar-refractivity contribution in [2.24, 2.45) is 0 Å². The number of nitrogens with zero attached hydrogens (tertiary/aromatic N) is 1. The van der Waals surface area contributed by atoms with Crippen LogP contribution in [0.25, 0.3) is 0 Å². The predicted octanol–water partition coefficient (Wildman–Crippen LogP) is 3.87. The zero-order valence-corrected chi connectivity index (χ0v) is 32.3. The minimum absolute atomic E-state index is 0.0884. The van der Waals surface area contributed by atoms with E-state index in [2.05, 4.69) is 4.90 Å². The summed E-state index contributed by atoms with van der Waals surface area (Å²) in [6, 6.07) is 1.41. The summed E-state index contributed by atoms with van der Waals surface area (Å²) in [7, 11) is -8.86. The first-order valence-electron chi connectivity index (χ1n) is 17.1. The Labute approximate surface area is 275 Å². The number of hydrogen-bond acceptors (Lipinski definition) is 13. The Morgan fingerprint density at radius 3 is 1.33 bits per heavy atom. The third kappa shape index (κ3) is 14.6. The Bertz CT molecular complexity index is 679. The van der Waals surface area contributed by atoms with Gasteiger partial charge in [-0.2, -0.15) is 0 Å². The van der Waals surface area contributed by atoms with E-state index in [0.717, 1.165) is 19.4 Å². The summed E-state index contributed by atoms with van der Waals surface area (Å²) >= 11 is 0. The van der Waals surface area contributed by atoms with E-state index < -0.39 is 26.7 Å². The molecule has 16 heteroatoms. The average Bonchev–Trinajstić information content (AvgIpc) is 2.95. The first kappa shape index (κ1) is 41.3. The Hall–Kier alpha value is 0.131. The Balaban J connectivity index is 1.94. The van der Waals surface area contributed by atoms with Gasteiger partial charge in [-0.05, 0) is 68.2 Å². The van der Waals surface area contributed by atoms with Crippen molar-refractivity contribution in [2.75, 3.05) is 92.3 Å². The lowest BCUT2D eigenvalue weighted by molar-refractivity contribution is -0.154. The standard InChI is InChI=1S/C29H63NO12Si3/c1-9-33-43(34-10-2,35-11-3)20-16-18-31-25-28-23-30-22-27(8)40-45(41-28,39-15-7)42-29(24-30)26-32-19-17-21-44(36-12-4,37-13-5)38-14-6/h27-29H,9-26H2,1-8H3. The Kier molecular flexibility index (Phi) is 20.8. The van der Waals surface area contributed by atoms with E-state index in [4.69, 9.17) is 53.7 Å². The quantitative estimate of drug-likeness (QED) is 0.0962. The highest BCUT2D eigenvalue weighted by atomic mass is 28.4. The first-order chi connectivity index (χ1) is 21.8. The summed E-state index contributed by atoms with van der Waals surface area (Å²) in [4.78, 5) is 2.31. The van der Waals surface area contributed by atoms with Crippen LogP contribution in [0.3, 0.4) is 0 Å². The fraction of sp³-hybridized carbons (Fsp3) is 1.00. The maximum atomic E-state index is 6.55. The molecule has 0 aromatic carbocycles. The third-order valence-electron chi connectivity index (χ3n) is 7.06. The second kappa shape index (κ2) is 22.7. The van der Waals surface area contributed by atoms with Crippen LogP contribution in [-0.2, 0) is 53.7 Å². The maximum Gasteiger partial charge on any atom is 0.680 e. The van der Waals surface area contributed by atoms with Gasteiger partial charge in [0.25, 0.3) is 0 Å². The molecule has 0 spiro atoms. The predicted molar refractivity (Wildman–Crippen MR) is 176 cm³/mol. The topological polar surface area (TPSA) is 114 Å². The molecule has 0 aromatic heterocycles. The van der Waals surface area contributed by atoms with Gasteiger partial charge in [0.15, 0.2) is 0 Å². The van der Waals surface area contributed by atoms with Crippen LogP contribution < -0.4 is 0 Å². The van der Waals surface area contributed by atoms with Crippen LogP contribution in [-0.4, -0.2) is 142 Å². The lowest BCUT2D eigenvalue weighted by atomic mass is 10.2. The Morgan fingerprint density at radius 2 is 0.978 bits per heavy atom. The molecule has 0 aliphatic carbocycles. The minimum Gasteiger partial charge on any atom is -0.379 e. The van der Waals surface area contributed by atoms with Crippen molar-refractivity contribution < 1.29 is 53.7 Å². The number of rotatable bonds is 26. The smallest absolute Gasteiger partial charge is 0.379 e. The molecule has 3 fully saturated rings. The number of ether oxygens (including phenoxy) is 2. The van der Waals surface area contributed by atoms with Crippen LogP contribution in [0.2, 0.25) is 12.1 Å². The molecule has 3 saturated heterocycles. The van der Waals surface area contributed by atoms with Crippen molar-refractivity contribution in [1.29, 1.82) is 0 Å². The molecule has 45 heavy (non-hydrogen) atoms. The zero-order valence-electron chi connectivity index (χ0n) is 29.3. The normalized spacial score (nSPS) is 26.1. The van der Waals surface area contributed by atoms with Crippen molar-refractivity contribution in [3.63, 3.8) is 0 Å². The number of fused-ring (bicyclic) bond motifs is 6. The summed E-state index contributed by atoms with van der Waals surface area (Å²) in [6.45, 7) is 23.6. The van der Waals surface area contributed by atoms with Gasteiger partial charge in [-0.25, -0.2) is 0 Å². The zero-order chi connectivity index (χ0) is 33.0. The molecule has 3 rings (SSSR count). The molecule has 0 N–H and O–H groups in total. The van der Waals surface area contributed by atoms with Gasteiger partial charge in [0, 0.05) is 91.2 Å². The van der Waals surface area contributed by atoms with Gasteiger partial charge >= 0.3 is 26.7 Å². The molecular weight excluding hydrogens is 639 g/mol. The lowest BCUT2D eigenvalue weighted by Crippen LogP contribution is -2.64. The molecular formula is C29H63NO12Si3. The van der Waals surface area contributed by atoms with E-state index in [1.54, 1.807) is 0 Å². The van der Waals surface area contributed by atoms with Crippen molar-refractivity contribution in [3.8, 4) is 0 Å². The average molecular weight is 702 g/mol. The van der Waals surface area contributed by atoms with Crippen molar-refractivity contribution >= 4 is 26.7 Å². The fourth-order valence-electron chi connectivity index (χ4n) is 5.68. The monoisotopic (exact) mass is 701 g/mol. The third-order valence-corrected chi connectivity index (χ3v) is 15.9. The summed E-state index contributed by atoms with van der Waals surface area (Å²) < 4.78 is 73.7. The summed E-state index contributed by atoms with van der Waals surface area (Å²) in [5.41, 5.74) is 0. The van der Waals surface area contributed by atoms with Gasteiger partial charge in [-0.15, -0.1) is 0 Å². The largest absolute Gasteiger partial charge is 0.680 e. The van der Waals surface area contributed by atoms with Gasteiger partial charge in [0.05, 0.1) is 31.5 Å². The highest BCUT2D eigenvalue weighted by Gasteiger charge is 2.54. The molecule has 268 valence electrons. The van der Waals surface area contributed by atoms with Crippen molar-refractivity contribution in [3.05, 3.63) is 0 Å². The van der Waals surface area contributed by atoms with Crippen LogP contribution in [0, 0.1) is 0 Å². The lowest BCUT2D eigenvalue weighted by Gasteiger charge is -2.45. The summed E-state index contributed by atoms with van der Waals surface area (Å²) in [5, 5.41) is 0. The van der Waals surface area contributed by atoms with Gasteiger partial charge in [-0.3, -0.25) is 4.90 Å². The molecule has 0 saturated carbocycles. The first-order valence-corrected chi connectivity index (χ1v) is 22.6. The highest BCUT2D eigenvalue weighted by molar-refractivity contribution is 6.61. The van der Waals surface area contributed by atoms with Gasteiger partial charge < -0.3 is 53.7 Å². The molecule has 2 bridgehead atoms. The van der Waals surface area contributed by atoms with Gasteiger partial charge in [-0.1, -0.05) is 0 Å². The van der Waals surface area contributed by atoms with Gasteiger partial charge in [0.2, 0.25) is 0 Å². The van der Waals surface area contributed by atoms with E-state index in [9.17, 15) is 0 Å². The van der Waals surface area contributed by atoms with E-state index in [0.29, 0.717) is 97.9 Å². The summed E-state index contributed by atoms with van der Waals surface area (Å²) in [5.74, 6) is 0. The molecule has 13 nitrogen and oxygen atoms in total. The van der Waals surface area contributed by atoms with E-state index in [1.807, 2.05) is 55.4 Å². The fourth-order valence-corrected chi connectivity index (χ4v) is 13.2. The second-order valence-electron chi connectivity index (χ2n) is 10.9. The van der Waals surface area contributed by atoms with Crippen LogP contribution in [0.15, 0.2) is 0 Å². The molecule has 3 unspecified atom stereocenters. The van der Waals surface area contributed by atoms with Crippen LogP contribution in [0.5, 0.6) is 0 Å². The number of hydrogen-bond donors (Lipinski definition) is 0. The SMILES string of the molecule is CCO[Si](CCCOCC1CN2CC(C)O[Si](OCC)(O1)OC(COCCC[Si](OCC)(OCC)OCC)C2)(OCC)OCC. The molecule has 3 atom stereocenters. The van der Waals surface area contributed by atoms with Crippen molar-refractivity contribution in [2.45, 2.75) is 98.6 Å². The molecule has 3 aliphatic rings. The maximum absolute atomic E-state index is 6.55. The minimum atomic E-state index is -3.47. The molecule has 3 heterocycles. The highest BCUT2D eigenvalue weighted by Crippen LogP contribution is 2.27. The molecule has 3 aliphatic heterocycles. The van der Waals surface area contributed by atoms with Crippen LogP contribution in [0.1, 0.15) is 68.2 Å². The Morgan fingerprint density at radius 1 is 0.578 bits per heavy atom. The van der Waals surface area contributed by atoms with E-state index >= 15 is 0 Å². The molecule has 0 radical (unpaired) electrons. The molecule has 0 amide bonds. The van der Waals surface area contributed by atoms with E-state index in [-0.39, 0.29) is 18.3 Å². The summed E-state index contributed by atoms with van der Waals surface area (Å²) in [6.07, 6.45) is 0.944. The second-order valence-corrected chi connectivity index (χ2v) is 18.3. The van der Waals surface area contributed by atoms with E-state index in [1.165, 1.54) is 0 Å². The molecule has 0 aromatic rings. The van der Waals surface area contributed by atoms with Crippen LogP contribution >= 0.6 is 0 Å².